The van der Waals surface area contributed by atoms with Crippen molar-refractivity contribution >= 4 is 17.7 Å². The fourth-order valence-electron chi connectivity index (χ4n) is 3.52. The van der Waals surface area contributed by atoms with Crippen molar-refractivity contribution in [1.82, 2.24) is 20.2 Å². The minimum absolute atomic E-state index is 0.106. The molecule has 1 aromatic rings. The Bertz CT molecular complexity index is 507. The lowest BCUT2D eigenvalue weighted by molar-refractivity contribution is 0.0813. The first-order chi connectivity index (χ1) is 10.7. The Kier molecular flexibility index (Phi) is 4.98. The summed E-state index contributed by atoms with van der Waals surface area (Å²) in [5.74, 6) is 2.31. The van der Waals surface area contributed by atoms with E-state index in [1.165, 1.54) is 37.2 Å². The summed E-state index contributed by atoms with van der Waals surface area (Å²) < 4.78 is 0. The molecule has 120 valence electrons. The third-order valence-electron chi connectivity index (χ3n) is 4.81. The van der Waals surface area contributed by atoms with Crippen LogP contribution in [0.15, 0.2) is 12.4 Å². The number of carbonyl (C=O) groups is 1. The zero-order valence-corrected chi connectivity index (χ0v) is 14.0. The second-order valence-electron chi connectivity index (χ2n) is 6.26. The van der Waals surface area contributed by atoms with E-state index >= 15 is 0 Å². The van der Waals surface area contributed by atoms with Crippen molar-refractivity contribution in [2.75, 3.05) is 31.1 Å². The van der Waals surface area contributed by atoms with E-state index in [9.17, 15) is 4.79 Å². The molecule has 3 rings (SSSR count). The van der Waals surface area contributed by atoms with Gasteiger partial charge in [0.05, 0.1) is 11.9 Å². The molecule has 1 amide bonds. The molecule has 0 aromatic carbocycles. The Morgan fingerprint density at radius 1 is 1.27 bits per heavy atom. The van der Waals surface area contributed by atoms with E-state index in [-0.39, 0.29) is 11.4 Å². The molecule has 1 saturated heterocycles. The molecule has 1 N–H and O–H groups in total. The zero-order valence-electron chi connectivity index (χ0n) is 13.2. The Balaban J connectivity index is 1.64. The molecule has 1 saturated carbocycles. The van der Waals surface area contributed by atoms with Gasteiger partial charge in [0, 0.05) is 42.9 Å². The number of nitrogens with one attached hydrogen (secondary N) is 1. The fraction of sp³-hybridized carbons (Fsp3) is 0.688. The third-order valence-corrected chi connectivity index (χ3v) is 5.75. The van der Waals surface area contributed by atoms with Crippen LogP contribution in [0.4, 0.5) is 0 Å². The van der Waals surface area contributed by atoms with Crippen molar-refractivity contribution in [3.8, 4) is 0 Å². The lowest BCUT2D eigenvalue weighted by atomic mass is 9.94. The van der Waals surface area contributed by atoms with Gasteiger partial charge in [-0.3, -0.25) is 14.7 Å². The van der Waals surface area contributed by atoms with E-state index in [2.05, 4.69) is 20.2 Å². The SMILES string of the molecule is Cc1cnc(C(=O)NCC2(N3CCSCC3)CCCC2)cn1. The Labute approximate surface area is 136 Å². The molecule has 0 spiro atoms. The van der Waals surface area contributed by atoms with Crippen molar-refractivity contribution in [3.05, 3.63) is 23.8 Å². The number of carbonyl (C=O) groups excluding carboxylic acids is 1. The van der Waals surface area contributed by atoms with Gasteiger partial charge in [-0.15, -0.1) is 0 Å². The van der Waals surface area contributed by atoms with E-state index in [4.69, 9.17) is 0 Å². The summed E-state index contributed by atoms with van der Waals surface area (Å²) in [6.07, 6.45) is 8.12. The minimum atomic E-state index is -0.106. The van der Waals surface area contributed by atoms with Crippen LogP contribution >= 0.6 is 11.8 Å². The molecule has 22 heavy (non-hydrogen) atoms. The van der Waals surface area contributed by atoms with Gasteiger partial charge in [0.15, 0.2) is 0 Å². The Morgan fingerprint density at radius 3 is 2.64 bits per heavy atom. The number of aryl methyl sites for hydroxylation is 1. The lowest BCUT2D eigenvalue weighted by Crippen LogP contribution is -2.56. The molecule has 6 heteroatoms. The highest BCUT2D eigenvalue weighted by atomic mass is 32.2. The largest absolute Gasteiger partial charge is 0.349 e. The molecule has 0 atom stereocenters. The first kappa shape index (κ1) is 15.7. The molecule has 2 fully saturated rings. The van der Waals surface area contributed by atoms with Gasteiger partial charge >= 0.3 is 0 Å². The van der Waals surface area contributed by atoms with Gasteiger partial charge in [-0.25, -0.2) is 4.98 Å². The van der Waals surface area contributed by atoms with Crippen molar-refractivity contribution in [1.29, 1.82) is 0 Å². The summed E-state index contributed by atoms with van der Waals surface area (Å²) in [5, 5.41) is 3.11. The smallest absolute Gasteiger partial charge is 0.271 e. The maximum atomic E-state index is 12.3. The number of nitrogens with zero attached hydrogens (tertiary/aromatic N) is 3. The van der Waals surface area contributed by atoms with Crippen molar-refractivity contribution in [2.45, 2.75) is 38.1 Å². The lowest BCUT2D eigenvalue weighted by Gasteiger charge is -2.43. The van der Waals surface area contributed by atoms with Crippen LogP contribution in [-0.2, 0) is 0 Å². The normalized spacial score (nSPS) is 21.7. The maximum absolute atomic E-state index is 12.3. The van der Waals surface area contributed by atoms with E-state index in [1.807, 2.05) is 18.7 Å². The van der Waals surface area contributed by atoms with Crippen LogP contribution in [-0.4, -0.2) is 57.5 Å². The molecule has 1 aromatic heterocycles. The van der Waals surface area contributed by atoms with Gasteiger partial charge < -0.3 is 5.32 Å². The second kappa shape index (κ2) is 6.96. The molecule has 5 nitrogen and oxygen atoms in total. The number of aromatic nitrogens is 2. The third kappa shape index (κ3) is 3.43. The van der Waals surface area contributed by atoms with Gasteiger partial charge in [-0.1, -0.05) is 12.8 Å². The molecule has 0 bridgehead atoms. The van der Waals surface area contributed by atoms with Crippen molar-refractivity contribution in [2.24, 2.45) is 0 Å². The Hall–Kier alpha value is -1.14. The summed E-state index contributed by atoms with van der Waals surface area (Å²) >= 11 is 2.03. The van der Waals surface area contributed by atoms with E-state index in [1.54, 1.807) is 12.4 Å². The predicted octanol–water partition coefficient (Wildman–Crippen LogP) is 1.88. The summed E-state index contributed by atoms with van der Waals surface area (Å²) in [6.45, 7) is 4.89. The summed E-state index contributed by atoms with van der Waals surface area (Å²) in [6, 6.07) is 0. The molecule has 1 aliphatic carbocycles. The summed E-state index contributed by atoms with van der Waals surface area (Å²) in [7, 11) is 0. The standard InChI is InChI=1S/C16H24N4OS/c1-13-10-18-14(11-17-13)15(21)19-12-16(4-2-3-5-16)20-6-8-22-9-7-20/h10-11H,2-9,12H2,1H3,(H,19,21). The number of amides is 1. The van der Waals surface area contributed by atoms with E-state index in [0.29, 0.717) is 5.69 Å². The van der Waals surface area contributed by atoms with Crippen LogP contribution in [0.25, 0.3) is 0 Å². The van der Waals surface area contributed by atoms with Crippen molar-refractivity contribution < 1.29 is 4.79 Å². The topological polar surface area (TPSA) is 58.1 Å². The molecule has 0 unspecified atom stereocenters. The molecule has 0 radical (unpaired) electrons. The monoisotopic (exact) mass is 320 g/mol. The van der Waals surface area contributed by atoms with Crippen molar-refractivity contribution in [3.63, 3.8) is 0 Å². The highest BCUT2D eigenvalue weighted by molar-refractivity contribution is 7.99. The number of hydrogen-bond donors (Lipinski definition) is 1. The molecule has 2 aliphatic rings. The molecular weight excluding hydrogens is 296 g/mol. The Morgan fingerprint density at radius 2 is 2.00 bits per heavy atom. The number of thioether (sulfide) groups is 1. The average molecular weight is 320 g/mol. The predicted molar refractivity (Wildman–Crippen MR) is 89.2 cm³/mol. The first-order valence-electron chi connectivity index (χ1n) is 8.09. The van der Waals surface area contributed by atoms with Crippen LogP contribution in [0.2, 0.25) is 0 Å². The molecule has 2 heterocycles. The average Bonchev–Trinajstić information content (AvgIpc) is 3.04. The van der Waals surface area contributed by atoms with E-state index < -0.39 is 0 Å². The zero-order chi connectivity index (χ0) is 15.4. The van der Waals surface area contributed by atoms with Gasteiger partial charge in [-0.05, 0) is 19.8 Å². The first-order valence-corrected chi connectivity index (χ1v) is 9.25. The van der Waals surface area contributed by atoms with Crippen LogP contribution < -0.4 is 5.32 Å². The van der Waals surface area contributed by atoms with Crippen LogP contribution in [0.1, 0.15) is 41.9 Å². The van der Waals surface area contributed by atoms with Gasteiger partial charge in [0.2, 0.25) is 0 Å². The van der Waals surface area contributed by atoms with Crippen LogP contribution in [0.3, 0.4) is 0 Å². The maximum Gasteiger partial charge on any atom is 0.271 e. The van der Waals surface area contributed by atoms with Gasteiger partial charge in [-0.2, -0.15) is 11.8 Å². The molecule has 1 aliphatic heterocycles. The number of hydrogen-bond acceptors (Lipinski definition) is 5. The summed E-state index contributed by atoms with van der Waals surface area (Å²) in [4.78, 5) is 23.2. The quantitative estimate of drug-likeness (QED) is 0.918. The fourth-order valence-corrected chi connectivity index (χ4v) is 4.42. The van der Waals surface area contributed by atoms with Gasteiger partial charge in [0.25, 0.3) is 5.91 Å². The van der Waals surface area contributed by atoms with Gasteiger partial charge in [0.1, 0.15) is 5.69 Å². The highest BCUT2D eigenvalue weighted by Gasteiger charge is 2.40. The highest BCUT2D eigenvalue weighted by Crippen LogP contribution is 2.36. The number of rotatable bonds is 4. The second-order valence-corrected chi connectivity index (χ2v) is 7.48. The van der Waals surface area contributed by atoms with E-state index in [0.717, 1.165) is 25.3 Å². The minimum Gasteiger partial charge on any atom is -0.349 e. The molecular formula is C16H24N4OS. The summed E-state index contributed by atoms with van der Waals surface area (Å²) in [5.41, 5.74) is 1.40. The van der Waals surface area contributed by atoms with Crippen LogP contribution in [0.5, 0.6) is 0 Å². The van der Waals surface area contributed by atoms with Crippen LogP contribution in [0, 0.1) is 6.92 Å².